The molecule has 0 spiro atoms. The van der Waals surface area contributed by atoms with Crippen molar-refractivity contribution in [2.45, 2.75) is 12.5 Å². The normalized spacial score (nSPS) is 18.0. The monoisotopic (exact) mass is 306 g/mol. The largest absolute Gasteiger partial charge is 0.496 e. The molecule has 1 aromatic heterocycles. The van der Waals surface area contributed by atoms with Gasteiger partial charge in [0, 0.05) is 24.3 Å². The summed E-state index contributed by atoms with van der Waals surface area (Å²) in [6.45, 7) is 1.29. The molecule has 0 saturated carbocycles. The Hall–Kier alpha value is -2.08. The van der Waals surface area contributed by atoms with Crippen molar-refractivity contribution in [3.8, 4) is 5.75 Å². The van der Waals surface area contributed by atoms with Gasteiger partial charge in [-0.3, -0.25) is 4.79 Å². The number of ether oxygens (including phenoxy) is 1. The first-order chi connectivity index (χ1) is 10.2. The molecule has 0 unspecified atom stereocenters. The van der Waals surface area contributed by atoms with E-state index in [-0.39, 0.29) is 11.9 Å². The minimum absolute atomic E-state index is 0.0723. The summed E-state index contributed by atoms with van der Waals surface area (Å²) in [6.07, 6.45) is 4.32. The maximum absolute atomic E-state index is 12.6. The molecule has 0 radical (unpaired) electrons. The molecule has 1 fully saturated rings. The van der Waals surface area contributed by atoms with E-state index in [4.69, 9.17) is 16.3 Å². The van der Waals surface area contributed by atoms with Crippen molar-refractivity contribution in [1.82, 2.24) is 19.9 Å². The second-order valence-corrected chi connectivity index (χ2v) is 5.36. The van der Waals surface area contributed by atoms with E-state index in [9.17, 15) is 4.79 Å². The molecule has 2 aromatic rings. The number of halogens is 1. The first-order valence-electron chi connectivity index (χ1n) is 6.67. The van der Waals surface area contributed by atoms with Crippen LogP contribution in [0.15, 0.2) is 30.6 Å². The van der Waals surface area contributed by atoms with Crippen LogP contribution in [0.3, 0.4) is 0 Å². The van der Waals surface area contributed by atoms with Crippen LogP contribution >= 0.6 is 11.6 Å². The average Bonchev–Trinajstić information content (AvgIpc) is 3.17. The van der Waals surface area contributed by atoms with Gasteiger partial charge >= 0.3 is 0 Å². The Labute approximate surface area is 127 Å². The number of nitrogens with zero attached hydrogens (tertiary/aromatic N) is 4. The van der Waals surface area contributed by atoms with Crippen LogP contribution in [0.2, 0.25) is 5.02 Å². The second kappa shape index (κ2) is 5.73. The van der Waals surface area contributed by atoms with Gasteiger partial charge in [-0.25, -0.2) is 4.68 Å². The number of carbonyl (C=O) groups excluding carboxylic acids is 1. The van der Waals surface area contributed by atoms with Gasteiger partial charge in [0.15, 0.2) is 0 Å². The molecule has 110 valence electrons. The number of rotatable bonds is 3. The smallest absolute Gasteiger partial charge is 0.257 e. The highest BCUT2D eigenvalue weighted by atomic mass is 35.5. The molecule has 1 amide bonds. The average molecular weight is 307 g/mol. The summed E-state index contributed by atoms with van der Waals surface area (Å²) >= 11 is 5.99. The molecular weight excluding hydrogens is 292 g/mol. The third-order valence-electron chi connectivity index (χ3n) is 3.66. The number of amides is 1. The van der Waals surface area contributed by atoms with Gasteiger partial charge in [-0.05, 0) is 24.6 Å². The fourth-order valence-corrected chi connectivity index (χ4v) is 2.74. The van der Waals surface area contributed by atoms with Crippen molar-refractivity contribution in [1.29, 1.82) is 0 Å². The lowest BCUT2D eigenvalue weighted by Crippen LogP contribution is -2.29. The summed E-state index contributed by atoms with van der Waals surface area (Å²) < 4.78 is 7.04. The zero-order valence-electron chi connectivity index (χ0n) is 11.6. The molecule has 1 atom stereocenters. The number of hydrogen-bond donors (Lipinski definition) is 0. The fourth-order valence-electron chi connectivity index (χ4n) is 2.57. The highest BCUT2D eigenvalue weighted by Gasteiger charge is 2.29. The molecule has 6 nitrogen and oxygen atoms in total. The number of likely N-dealkylation sites (tertiary alicyclic amines) is 1. The van der Waals surface area contributed by atoms with Crippen LogP contribution < -0.4 is 4.74 Å². The number of methoxy groups -OCH3 is 1. The predicted molar refractivity (Wildman–Crippen MR) is 77.6 cm³/mol. The quantitative estimate of drug-likeness (QED) is 0.870. The maximum atomic E-state index is 12.6. The van der Waals surface area contributed by atoms with Crippen LogP contribution in [0.25, 0.3) is 0 Å². The molecular formula is C14H15ClN4O2. The lowest BCUT2D eigenvalue weighted by Gasteiger charge is -2.18. The number of aromatic nitrogens is 3. The molecule has 1 aromatic carbocycles. The Bertz CT molecular complexity index is 644. The third kappa shape index (κ3) is 2.71. The van der Waals surface area contributed by atoms with E-state index in [1.807, 2.05) is 6.20 Å². The van der Waals surface area contributed by atoms with Crippen LogP contribution in [0, 0.1) is 0 Å². The lowest BCUT2D eigenvalue weighted by molar-refractivity contribution is 0.0783. The molecule has 1 aliphatic heterocycles. The lowest BCUT2D eigenvalue weighted by atomic mass is 10.1. The van der Waals surface area contributed by atoms with Crippen molar-refractivity contribution >= 4 is 17.5 Å². The topological polar surface area (TPSA) is 60.2 Å². The Kier molecular flexibility index (Phi) is 3.79. The van der Waals surface area contributed by atoms with Gasteiger partial charge in [-0.2, -0.15) is 0 Å². The fraction of sp³-hybridized carbons (Fsp3) is 0.357. The summed E-state index contributed by atoms with van der Waals surface area (Å²) in [5.41, 5.74) is 0.490. The van der Waals surface area contributed by atoms with Gasteiger partial charge in [-0.15, -0.1) is 5.10 Å². The van der Waals surface area contributed by atoms with Gasteiger partial charge in [0.25, 0.3) is 5.91 Å². The zero-order valence-corrected chi connectivity index (χ0v) is 12.3. The summed E-state index contributed by atoms with van der Waals surface area (Å²) in [4.78, 5) is 14.4. The SMILES string of the molecule is COc1ccc(Cl)cc1C(=O)N1CC[C@@H](n2ccnn2)C1. The maximum Gasteiger partial charge on any atom is 0.257 e. The number of benzene rings is 1. The van der Waals surface area contributed by atoms with E-state index < -0.39 is 0 Å². The molecule has 0 N–H and O–H groups in total. The van der Waals surface area contributed by atoms with Crippen molar-refractivity contribution < 1.29 is 9.53 Å². The second-order valence-electron chi connectivity index (χ2n) is 4.92. The van der Waals surface area contributed by atoms with E-state index >= 15 is 0 Å². The first kappa shape index (κ1) is 13.9. The zero-order chi connectivity index (χ0) is 14.8. The van der Waals surface area contributed by atoms with Crippen LogP contribution in [0.5, 0.6) is 5.75 Å². The van der Waals surface area contributed by atoms with E-state index in [0.717, 1.165) is 6.42 Å². The molecule has 21 heavy (non-hydrogen) atoms. The molecule has 0 bridgehead atoms. The van der Waals surface area contributed by atoms with Gasteiger partial charge in [0.1, 0.15) is 5.75 Å². The standard InChI is InChI=1S/C14H15ClN4O2/c1-21-13-3-2-10(15)8-12(13)14(20)18-6-4-11(9-18)19-7-5-16-17-19/h2-3,5,7-8,11H,4,6,9H2,1H3/t11-/m1/s1. The molecule has 3 rings (SSSR count). The highest BCUT2D eigenvalue weighted by molar-refractivity contribution is 6.31. The van der Waals surface area contributed by atoms with Crippen LogP contribution in [0.4, 0.5) is 0 Å². The van der Waals surface area contributed by atoms with Gasteiger partial charge in [0.2, 0.25) is 0 Å². The number of hydrogen-bond acceptors (Lipinski definition) is 4. The Balaban J connectivity index is 1.79. The van der Waals surface area contributed by atoms with Gasteiger partial charge in [0.05, 0.1) is 24.9 Å². The van der Waals surface area contributed by atoms with E-state index in [1.165, 1.54) is 0 Å². The van der Waals surface area contributed by atoms with Crippen molar-refractivity contribution in [2.75, 3.05) is 20.2 Å². The van der Waals surface area contributed by atoms with Gasteiger partial charge < -0.3 is 9.64 Å². The number of carbonyl (C=O) groups is 1. The molecule has 0 aliphatic carbocycles. The molecule has 1 saturated heterocycles. The van der Waals surface area contributed by atoms with E-state index in [0.29, 0.717) is 29.4 Å². The Morgan fingerprint density at radius 3 is 3.05 bits per heavy atom. The Morgan fingerprint density at radius 2 is 2.33 bits per heavy atom. The molecule has 1 aliphatic rings. The minimum atomic E-state index is -0.0723. The molecule has 7 heteroatoms. The van der Waals surface area contributed by atoms with Crippen molar-refractivity contribution in [3.63, 3.8) is 0 Å². The Morgan fingerprint density at radius 1 is 1.48 bits per heavy atom. The summed E-state index contributed by atoms with van der Waals surface area (Å²) in [5.74, 6) is 0.463. The first-order valence-corrected chi connectivity index (χ1v) is 7.05. The van der Waals surface area contributed by atoms with Crippen LogP contribution in [-0.2, 0) is 0 Å². The predicted octanol–water partition coefficient (Wildman–Crippen LogP) is 2.03. The van der Waals surface area contributed by atoms with E-state index in [1.54, 1.807) is 41.1 Å². The van der Waals surface area contributed by atoms with Gasteiger partial charge in [-0.1, -0.05) is 16.8 Å². The molecule has 2 heterocycles. The van der Waals surface area contributed by atoms with Crippen molar-refractivity contribution in [3.05, 3.63) is 41.2 Å². The van der Waals surface area contributed by atoms with E-state index in [2.05, 4.69) is 10.3 Å². The summed E-state index contributed by atoms with van der Waals surface area (Å²) in [6, 6.07) is 5.23. The summed E-state index contributed by atoms with van der Waals surface area (Å²) in [5, 5.41) is 8.32. The van der Waals surface area contributed by atoms with Crippen molar-refractivity contribution in [2.24, 2.45) is 0 Å². The summed E-state index contributed by atoms with van der Waals surface area (Å²) in [7, 11) is 1.54. The third-order valence-corrected chi connectivity index (χ3v) is 3.89. The van der Waals surface area contributed by atoms with Crippen LogP contribution in [-0.4, -0.2) is 46.0 Å². The highest BCUT2D eigenvalue weighted by Crippen LogP contribution is 2.27. The van der Waals surface area contributed by atoms with Crippen LogP contribution in [0.1, 0.15) is 22.8 Å². The minimum Gasteiger partial charge on any atom is -0.496 e.